The maximum atomic E-state index is 11.6. The largest absolute Gasteiger partial charge is 0.489 e. The monoisotopic (exact) mass is 296 g/mol. The zero-order valence-electron chi connectivity index (χ0n) is 12.7. The molecule has 3 nitrogen and oxygen atoms in total. The van der Waals surface area contributed by atoms with E-state index in [1.807, 2.05) is 55.5 Å². The van der Waals surface area contributed by atoms with Crippen LogP contribution in [0.3, 0.4) is 0 Å². The number of carbonyl (C=O) groups is 1. The lowest BCUT2D eigenvalue weighted by molar-refractivity contribution is -0.128. The Balaban J connectivity index is 1.68. The summed E-state index contributed by atoms with van der Waals surface area (Å²) < 4.78 is 11.6. The third kappa shape index (κ3) is 3.55. The summed E-state index contributed by atoms with van der Waals surface area (Å²) in [5, 5.41) is 0. The second-order valence-electron chi connectivity index (χ2n) is 5.64. The van der Waals surface area contributed by atoms with Gasteiger partial charge in [0.05, 0.1) is 12.7 Å². The highest BCUT2D eigenvalue weighted by Gasteiger charge is 2.23. The van der Waals surface area contributed by atoms with Gasteiger partial charge in [-0.05, 0) is 35.7 Å². The van der Waals surface area contributed by atoms with E-state index in [1.165, 1.54) is 0 Å². The highest BCUT2D eigenvalue weighted by Crippen LogP contribution is 2.30. The van der Waals surface area contributed by atoms with Gasteiger partial charge in [0, 0.05) is 12.8 Å². The summed E-state index contributed by atoms with van der Waals surface area (Å²) in [5.41, 5.74) is 3.33. The molecule has 1 heterocycles. The molecule has 2 aromatic carbocycles. The molecule has 0 N–H and O–H groups in total. The number of aryl methyl sites for hydroxylation is 1. The van der Waals surface area contributed by atoms with E-state index in [1.54, 1.807) is 0 Å². The molecule has 0 bridgehead atoms. The number of ketones is 1. The van der Waals surface area contributed by atoms with E-state index in [9.17, 15) is 4.79 Å². The molecular formula is C19H20O3. The number of hydrogen-bond acceptors (Lipinski definition) is 3. The Morgan fingerprint density at radius 2 is 2.00 bits per heavy atom. The molecule has 1 saturated heterocycles. The van der Waals surface area contributed by atoms with Gasteiger partial charge in [-0.1, -0.05) is 36.4 Å². The standard InChI is InChI=1S/C19H20O3/c1-14-11-17(22-13-15-5-3-2-4-6-15)7-8-18(14)19-12-16(20)9-10-21-19/h2-8,11,19H,9-10,12-13H2,1H3. The molecule has 0 aliphatic carbocycles. The van der Waals surface area contributed by atoms with Crippen LogP contribution in [0.5, 0.6) is 5.75 Å². The first-order valence-corrected chi connectivity index (χ1v) is 7.63. The topological polar surface area (TPSA) is 35.5 Å². The van der Waals surface area contributed by atoms with Gasteiger partial charge >= 0.3 is 0 Å². The Morgan fingerprint density at radius 1 is 1.18 bits per heavy atom. The van der Waals surface area contributed by atoms with Gasteiger partial charge in [0.1, 0.15) is 18.1 Å². The molecule has 0 radical (unpaired) electrons. The van der Waals surface area contributed by atoms with Crippen LogP contribution < -0.4 is 4.74 Å². The number of rotatable bonds is 4. The number of benzene rings is 2. The predicted molar refractivity (Wildman–Crippen MR) is 84.9 cm³/mol. The molecule has 1 unspecified atom stereocenters. The second kappa shape index (κ2) is 6.75. The van der Waals surface area contributed by atoms with Crippen molar-refractivity contribution in [3.63, 3.8) is 0 Å². The van der Waals surface area contributed by atoms with Crippen molar-refractivity contribution in [2.24, 2.45) is 0 Å². The fraction of sp³-hybridized carbons (Fsp3) is 0.316. The normalized spacial score (nSPS) is 18.2. The Morgan fingerprint density at radius 3 is 2.73 bits per heavy atom. The first-order chi connectivity index (χ1) is 10.7. The predicted octanol–water partition coefficient (Wildman–Crippen LogP) is 3.99. The molecule has 3 heteroatoms. The fourth-order valence-electron chi connectivity index (χ4n) is 2.72. The van der Waals surface area contributed by atoms with Crippen LogP contribution in [0.25, 0.3) is 0 Å². The highest BCUT2D eigenvalue weighted by atomic mass is 16.5. The van der Waals surface area contributed by atoms with Gasteiger partial charge in [0.25, 0.3) is 0 Å². The lowest BCUT2D eigenvalue weighted by Gasteiger charge is -2.24. The molecule has 3 rings (SSSR count). The molecule has 1 aliphatic heterocycles. The van der Waals surface area contributed by atoms with Crippen molar-refractivity contribution in [1.82, 2.24) is 0 Å². The Labute approximate surface area is 130 Å². The van der Waals surface area contributed by atoms with E-state index in [2.05, 4.69) is 0 Å². The summed E-state index contributed by atoms with van der Waals surface area (Å²) in [5.74, 6) is 1.12. The average Bonchev–Trinajstić information content (AvgIpc) is 2.54. The van der Waals surface area contributed by atoms with Crippen LogP contribution in [-0.2, 0) is 16.1 Å². The van der Waals surface area contributed by atoms with Gasteiger partial charge < -0.3 is 9.47 Å². The molecule has 0 amide bonds. The van der Waals surface area contributed by atoms with E-state index >= 15 is 0 Å². The van der Waals surface area contributed by atoms with Crippen molar-refractivity contribution in [3.05, 3.63) is 65.2 Å². The molecule has 0 spiro atoms. The highest BCUT2D eigenvalue weighted by molar-refractivity contribution is 5.79. The minimum Gasteiger partial charge on any atom is -0.489 e. The van der Waals surface area contributed by atoms with Crippen LogP contribution in [0.1, 0.15) is 35.6 Å². The summed E-state index contributed by atoms with van der Waals surface area (Å²) in [6, 6.07) is 16.1. The van der Waals surface area contributed by atoms with Crippen molar-refractivity contribution in [2.75, 3.05) is 6.61 Å². The molecule has 114 valence electrons. The van der Waals surface area contributed by atoms with Crippen LogP contribution in [0.4, 0.5) is 0 Å². The van der Waals surface area contributed by atoms with Crippen molar-refractivity contribution in [1.29, 1.82) is 0 Å². The van der Waals surface area contributed by atoms with Gasteiger partial charge in [-0.15, -0.1) is 0 Å². The quantitative estimate of drug-likeness (QED) is 0.855. The zero-order chi connectivity index (χ0) is 15.4. The number of Topliss-reactive ketones (excluding diaryl/α,β-unsaturated/α-hetero) is 1. The summed E-state index contributed by atoms with van der Waals surface area (Å²) in [7, 11) is 0. The molecular weight excluding hydrogens is 276 g/mol. The maximum Gasteiger partial charge on any atom is 0.138 e. The van der Waals surface area contributed by atoms with Gasteiger partial charge in [0.2, 0.25) is 0 Å². The van der Waals surface area contributed by atoms with E-state index in [4.69, 9.17) is 9.47 Å². The number of hydrogen-bond donors (Lipinski definition) is 0. The van der Waals surface area contributed by atoms with Crippen molar-refractivity contribution in [2.45, 2.75) is 32.5 Å². The minimum atomic E-state index is -0.107. The van der Waals surface area contributed by atoms with Crippen LogP contribution in [0, 0.1) is 6.92 Å². The van der Waals surface area contributed by atoms with Gasteiger partial charge in [-0.3, -0.25) is 4.79 Å². The van der Waals surface area contributed by atoms with Crippen molar-refractivity contribution in [3.8, 4) is 5.75 Å². The lowest BCUT2D eigenvalue weighted by Crippen LogP contribution is -2.20. The van der Waals surface area contributed by atoms with Gasteiger partial charge in [-0.25, -0.2) is 0 Å². The molecule has 0 aromatic heterocycles. The number of carbonyl (C=O) groups excluding carboxylic acids is 1. The number of ether oxygens (including phenoxy) is 2. The molecule has 2 aromatic rings. The van der Waals surface area contributed by atoms with Crippen LogP contribution >= 0.6 is 0 Å². The fourth-order valence-corrected chi connectivity index (χ4v) is 2.72. The lowest BCUT2D eigenvalue weighted by atomic mass is 9.96. The van der Waals surface area contributed by atoms with Crippen molar-refractivity contribution < 1.29 is 14.3 Å². The average molecular weight is 296 g/mol. The minimum absolute atomic E-state index is 0.107. The summed E-state index contributed by atoms with van der Waals surface area (Å²) in [6.45, 7) is 3.11. The van der Waals surface area contributed by atoms with E-state index < -0.39 is 0 Å². The molecule has 1 fully saturated rings. The van der Waals surface area contributed by atoms with Crippen LogP contribution in [0.15, 0.2) is 48.5 Å². The molecule has 1 atom stereocenters. The van der Waals surface area contributed by atoms with Crippen LogP contribution in [0.2, 0.25) is 0 Å². The first-order valence-electron chi connectivity index (χ1n) is 7.63. The van der Waals surface area contributed by atoms with Crippen LogP contribution in [-0.4, -0.2) is 12.4 Å². The zero-order valence-corrected chi connectivity index (χ0v) is 12.7. The van der Waals surface area contributed by atoms with Gasteiger partial charge in [0.15, 0.2) is 0 Å². The Bertz CT molecular complexity index is 649. The van der Waals surface area contributed by atoms with Gasteiger partial charge in [-0.2, -0.15) is 0 Å². The van der Waals surface area contributed by atoms with E-state index in [0.717, 1.165) is 22.4 Å². The molecule has 0 saturated carbocycles. The summed E-state index contributed by atoms with van der Waals surface area (Å²) in [6.07, 6.45) is 0.906. The summed E-state index contributed by atoms with van der Waals surface area (Å²) >= 11 is 0. The van der Waals surface area contributed by atoms with E-state index in [-0.39, 0.29) is 11.9 Å². The summed E-state index contributed by atoms with van der Waals surface area (Å²) in [4.78, 5) is 11.6. The Hall–Kier alpha value is -2.13. The third-order valence-corrected chi connectivity index (χ3v) is 3.95. The van der Waals surface area contributed by atoms with E-state index in [0.29, 0.717) is 26.1 Å². The molecule has 22 heavy (non-hydrogen) atoms. The Kier molecular flexibility index (Phi) is 4.54. The maximum absolute atomic E-state index is 11.6. The third-order valence-electron chi connectivity index (χ3n) is 3.95. The molecule has 1 aliphatic rings. The smallest absolute Gasteiger partial charge is 0.138 e. The van der Waals surface area contributed by atoms with Crippen molar-refractivity contribution >= 4 is 5.78 Å². The second-order valence-corrected chi connectivity index (χ2v) is 5.64. The first kappa shape index (κ1) is 14.8. The SMILES string of the molecule is Cc1cc(OCc2ccccc2)ccc1C1CC(=O)CCO1.